The maximum Gasteiger partial charge on any atom is 0.451 e. The van der Waals surface area contributed by atoms with Crippen LogP contribution in [0.1, 0.15) is 21.9 Å². The number of nitrogens with zero attached hydrogens (tertiary/aromatic N) is 2. The summed E-state index contributed by atoms with van der Waals surface area (Å²) in [6.07, 6.45) is -3.89. The minimum absolute atomic E-state index is 0.0139. The molecular weight excluding hydrogens is 300 g/mol. The first-order valence-corrected chi connectivity index (χ1v) is 5.65. The number of carbonyl (C=O) groups is 1. The van der Waals surface area contributed by atoms with E-state index in [0.717, 1.165) is 18.3 Å². The summed E-state index contributed by atoms with van der Waals surface area (Å²) in [5.74, 6) is -2.92. The average Bonchev–Trinajstić information content (AvgIpc) is 2.63. The van der Waals surface area contributed by atoms with Crippen LogP contribution in [0.2, 0.25) is 5.02 Å². The van der Waals surface area contributed by atoms with Crippen molar-refractivity contribution >= 4 is 17.4 Å². The normalized spacial score (nSPS) is 13.3. The molecule has 20 heavy (non-hydrogen) atoms. The van der Waals surface area contributed by atoms with Crippen LogP contribution >= 0.6 is 11.6 Å². The molecule has 1 aromatic heterocycles. The van der Waals surface area contributed by atoms with E-state index in [-0.39, 0.29) is 21.7 Å². The van der Waals surface area contributed by atoms with E-state index >= 15 is 0 Å². The van der Waals surface area contributed by atoms with Crippen molar-refractivity contribution in [3.63, 3.8) is 0 Å². The minimum atomic E-state index is -4.76. The van der Waals surface area contributed by atoms with Gasteiger partial charge in [-0.2, -0.15) is 13.2 Å². The number of carbonyl (C=O) groups excluding carboxylic acids is 1. The van der Waals surface area contributed by atoms with Gasteiger partial charge in [0, 0.05) is 17.3 Å². The lowest BCUT2D eigenvalue weighted by molar-refractivity contribution is -0.145. The van der Waals surface area contributed by atoms with Crippen molar-refractivity contribution in [2.45, 2.75) is 6.18 Å². The highest BCUT2D eigenvalue weighted by Crippen LogP contribution is 2.38. The van der Waals surface area contributed by atoms with Crippen molar-refractivity contribution in [1.82, 2.24) is 9.97 Å². The lowest BCUT2D eigenvalue weighted by Crippen LogP contribution is -2.13. The van der Waals surface area contributed by atoms with E-state index in [2.05, 4.69) is 9.97 Å². The average molecular weight is 303 g/mol. The van der Waals surface area contributed by atoms with Gasteiger partial charge in [0.25, 0.3) is 0 Å². The van der Waals surface area contributed by atoms with Crippen molar-refractivity contribution in [3.05, 3.63) is 46.3 Å². The first-order chi connectivity index (χ1) is 9.29. The summed E-state index contributed by atoms with van der Waals surface area (Å²) >= 11 is 5.56. The topological polar surface area (TPSA) is 42.9 Å². The van der Waals surface area contributed by atoms with E-state index in [1.165, 1.54) is 0 Å². The summed E-state index contributed by atoms with van der Waals surface area (Å²) in [4.78, 5) is 18.4. The highest BCUT2D eigenvalue weighted by molar-refractivity contribution is 6.32. The summed E-state index contributed by atoms with van der Waals surface area (Å²) < 4.78 is 51.0. The molecule has 0 fully saturated rings. The van der Waals surface area contributed by atoms with E-state index in [4.69, 9.17) is 11.6 Å². The maximum atomic E-state index is 13.4. The highest BCUT2D eigenvalue weighted by Gasteiger charge is 2.38. The van der Waals surface area contributed by atoms with Gasteiger partial charge in [0.1, 0.15) is 11.5 Å². The zero-order valence-electron chi connectivity index (χ0n) is 9.42. The number of benzene rings is 1. The number of aromatic nitrogens is 2. The lowest BCUT2D eigenvalue weighted by atomic mass is 10.1. The van der Waals surface area contributed by atoms with Crippen LogP contribution in [-0.4, -0.2) is 15.8 Å². The molecule has 1 aromatic carbocycles. The summed E-state index contributed by atoms with van der Waals surface area (Å²) in [6.45, 7) is 0. The fourth-order valence-electron chi connectivity index (χ4n) is 1.97. The Balaban J connectivity index is 2.24. The molecule has 0 unspecified atom stereocenters. The van der Waals surface area contributed by atoms with Crippen LogP contribution in [-0.2, 0) is 6.18 Å². The van der Waals surface area contributed by atoms with Crippen molar-refractivity contribution in [3.8, 4) is 11.1 Å². The van der Waals surface area contributed by atoms with Crippen molar-refractivity contribution in [1.29, 1.82) is 0 Å². The highest BCUT2D eigenvalue weighted by atomic mass is 35.5. The van der Waals surface area contributed by atoms with Crippen LogP contribution in [0, 0.1) is 5.82 Å². The van der Waals surface area contributed by atoms with Crippen LogP contribution in [0.5, 0.6) is 0 Å². The summed E-state index contributed by atoms with van der Waals surface area (Å²) in [5.41, 5.74) is -0.182. The predicted octanol–water partition coefficient (Wildman–Crippen LogP) is 3.50. The molecule has 1 aliphatic carbocycles. The van der Waals surface area contributed by atoms with Crippen molar-refractivity contribution < 1.29 is 22.4 Å². The molecule has 2 aromatic rings. The second-order valence-corrected chi connectivity index (χ2v) is 4.50. The van der Waals surface area contributed by atoms with Gasteiger partial charge in [-0.05, 0) is 17.7 Å². The van der Waals surface area contributed by atoms with Gasteiger partial charge in [-0.3, -0.25) is 4.79 Å². The summed E-state index contributed by atoms with van der Waals surface area (Å²) in [6, 6.07) is 2.06. The largest absolute Gasteiger partial charge is 0.451 e. The second kappa shape index (κ2) is 3.99. The Labute approximate surface area is 114 Å². The van der Waals surface area contributed by atoms with Crippen molar-refractivity contribution in [2.75, 3.05) is 0 Å². The van der Waals surface area contributed by atoms with Gasteiger partial charge in [-0.15, -0.1) is 0 Å². The molecule has 0 saturated carbocycles. The number of hydrogen-bond donors (Lipinski definition) is 0. The zero-order chi connectivity index (χ0) is 14.7. The molecule has 0 amide bonds. The molecule has 1 heterocycles. The fourth-order valence-corrected chi connectivity index (χ4v) is 2.14. The van der Waals surface area contributed by atoms with Gasteiger partial charge >= 0.3 is 6.18 Å². The van der Waals surface area contributed by atoms with E-state index < -0.39 is 29.3 Å². The molecule has 8 heteroatoms. The summed E-state index contributed by atoms with van der Waals surface area (Å²) in [5, 5.41) is -0.283. The number of ketones is 1. The fraction of sp³-hybridized carbons (Fsp3) is 0.0833. The number of alkyl halides is 3. The standard InChI is InChI=1S/C12H3ClF4N2O/c13-7-1-5-4(2-8(7)14)6-3-18-11(12(15,16)17)19-9(6)10(5)20/h1-3H. The van der Waals surface area contributed by atoms with Gasteiger partial charge < -0.3 is 0 Å². The Hall–Kier alpha value is -2.02. The van der Waals surface area contributed by atoms with Crippen molar-refractivity contribution in [2.24, 2.45) is 0 Å². The SMILES string of the molecule is O=C1c2cc(Cl)c(F)cc2-c2cnc(C(F)(F)F)nc21. The first kappa shape index (κ1) is 13.0. The Kier molecular flexibility index (Phi) is 2.59. The molecule has 1 aliphatic rings. The zero-order valence-corrected chi connectivity index (χ0v) is 10.2. The summed E-state index contributed by atoms with van der Waals surface area (Å²) in [7, 11) is 0. The smallest absolute Gasteiger partial charge is 0.287 e. The molecule has 3 rings (SSSR count). The Bertz CT molecular complexity index is 758. The molecule has 102 valence electrons. The molecule has 0 radical (unpaired) electrons. The monoisotopic (exact) mass is 302 g/mol. The molecule has 0 N–H and O–H groups in total. The Morgan fingerprint density at radius 3 is 2.45 bits per heavy atom. The first-order valence-electron chi connectivity index (χ1n) is 5.27. The molecule has 0 bridgehead atoms. The third-order valence-electron chi connectivity index (χ3n) is 2.85. The lowest BCUT2D eigenvalue weighted by Gasteiger charge is -2.05. The van der Waals surface area contributed by atoms with Gasteiger partial charge in [0.05, 0.1) is 5.02 Å². The third-order valence-corrected chi connectivity index (χ3v) is 3.14. The maximum absolute atomic E-state index is 13.4. The molecule has 0 spiro atoms. The van der Waals surface area contributed by atoms with Gasteiger partial charge in [-0.25, -0.2) is 14.4 Å². The van der Waals surface area contributed by atoms with E-state index in [1.807, 2.05) is 0 Å². The minimum Gasteiger partial charge on any atom is -0.287 e. The predicted molar refractivity (Wildman–Crippen MR) is 60.9 cm³/mol. The number of hydrogen-bond acceptors (Lipinski definition) is 3. The van der Waals surface area contributed by atoms with Crippen LogP contribution < -0.4 is 0 Å². The number of rotatable bonds is 0. The van der Waals surface area contributed by atoms with E-state index in [1.54, 1.807) is 0 Å². The second-order valence-electron chi connectivity index (χ2n) is 4.09. The van der Waals surface area contributed by atoms with Crippen LogP contribution in [0.3, 0.4) is 0 Å². The quantitative estimate of drug-likeness (QED) is 0.597. The molecule has 0 atom stereocenters. The Morgan fingerprint density at radius 1 is 1.10 bits per heavy atom. The van der Waals surface area contributed by atoms with Gasteiger partial charge in [0.2, 0.25) is 11.6 Å². The molecular formula is C12H3ClF4N2O. The molecule has 3 nitrogen and oxygen atoms in total. The van der Waals surface area contributed by atoms with Gasteiger partial charge in [-0.1, -0.05) is 11.6 Å². The Morgan fingerprint density at radius 2 is 1.80 bits per heavy atom. The van der Waals surface area contributed by atoms with Crippen LogP contribution in [0.25, 0.3) is 11.1 Å². The van der Waals surface area contributed by atoms with Crippen LogP contribution in [0.15, 0.2) is 18.3 Å². The van der Waals surface area contributed by atoms with E-state index in [0.29, 0.717) is 0 Å². The number of fused-ring (bicyclic) bond motifs is 3. The van der Waals surface area contributed by atoms with Gasteiger partial charge in [0.15, 0.2) is 0 Å². The van der Waals surface area contributed by atoms with E-state index in [9.17, 15) is 22.4 Å². The number of halogens is 5. The van der Waals surface area contributed by atoms with Crippen LogP contribution in [0.4, 0.5) is 17.6 Å². The molecule has 0 saturated heterocycles. The molecule has 0 aliphatic heterocycles. The third kappa shape index (κ3) is 1.77.